The molecule has 11 heteroatoms. The number of halogens is 3. The molecule has 2 atom stereocenters. The second-order valence-corrected chi connectivity index (χ2v) is 11.4. The lowest BCUT2D eigenvalue weighted by molar-refractivity contribution is -0.0507. The molecule has 2 aromatic heterocycles. The predicted molar refractivity (Wildman–Crippen MR) is 139 cm³/mol. The third kappa shape index (κ3) is 3.64. The zero-order valence-electron chi connectivity index (χ0n) is 21.5. The Hall–Kier alpha value is -3.96. The van der Waals surface area contributed by atoms with E-state index < -0.39 is 30.1 Å². The molecule has 0 spiro atoms. The second kappa shape index (κ2) is 8.52. The van der Waals surface area contributed by atoms with Crippen molar-refractivity contribution >= 4 is 16.9 Å². The molecular formula is C29H26F3N5O3. The van der Waals surface area contributed by atoms with Crippen molar-refractivity contribution in [3.8, 4) is 16.9 Å². The van der Waals surface area contributed by atoms with Crippen LogP contribution in [0.15, 0.2) is 48.7 Å². The highest BCUT2D eigenvalue weighted by Gasteiger charge is 2.52. The lowest BCUT2D eigenvalue weighted by atomic mass is 9.57. The number of rotatable bonds is 5. The Kier molecular flexibility index (Phi) is 5.33. The third-order valence-electron chi connectivity index (χ3n) is 8.48. The standard InChI is InChI=1S/C29H26F3N5O3/c1-28(13-38)11-29(33,12-28)24-17(30)7-15(10-34-24)14-5-6-18-20(8-14)37-21-9-19(25(37)35-18)36-26(39)16-3-2-4-22(23(16)21)40-27(31)32/h2-8,10,19,21,27,38H,9,11-13,33H2,1H3,(H,36,39)/t19-,21-,28?,29?/m1/s1. The molecule has 2 aliphatic heterocycles. The van der Waals surface area contributed by atoms with Crippen molar-refractivity contribution in [2.45, 2.75) is 50.4 Å². The highest BCUT2D eigenvalue weighted by molar-refractivity contribution is 5.98. The van der Waals surface area contributed by atoms with Gasteiger partial charge in [-0.15, -0.1) is 0 Å². The number of nitrogens with one attached hydrogen (secondary N) is 1. The van der Waals surface area contributed by atoms with Gasteiger partial charge in [-0.2, -0.15) is 8.78 Å². The van der Waals surface area contributed by atoms with Gasteiger partial charge in [0.15, 0.2) is 0 Å². The molecule has 3 aliphatic rings. The largest absolute Gasteiger partial charge is 0.434 e. The predicted octanol–water partition coefficient (Wildman–Crippen LogP) is 4.56. The number of aliphatic hydroxyl groups excluding tert-OH is 1. The van der Waals surface area contributed by atoms with E-state index in [2.05, 4.69) is 10.3 Å². The Morgan fingerprint density at radius 3 is 2.75 bits per heavy atom. The molecule has 206 valence electrons. The quantitative estimate of drug-likeness (QED) is 0.336. The van der Waals surface area contributed by atoms with Crippen LogP contribution in [0.1, 0.15) is 65.7 Å². The summed E-state index contributed by atoms with van der Waals surface area (Å²) in [6.07, 6.45) is 2.88. The minimum absolute atomic E-state index is 0.0207. The van der Waals surface area contributed by atoms with Crippen molar-refractivity contribution in [3.63, 3.8) is 0 Å². The number of hydrogen-bond donors (Lipinski definition) is 3. The zero-order valence-corrected chi connectivity index (χ0v) is 21.5. The summed E-state index contributed by atoms with van der Waals surface area (Å²) in [6.45, 7) is -1.16. The van der Waals surface area contributed by atoms with E-state index in [1.165, 1.54) is 18.2 Å². The molecule has 0 unspecified atom stereocenters. The molecule has 1 aliphatic carbocycles. The molecule has 40 heavy (non-hydrogen) atoms. The Labute approximate surface area is 227 Å². The number of benzene rings is 2. The number of nitrogens with two attached hydrogens (primary N) is 1. The fraction of sp³-hybridized carbons (Fsp3) is 0.345. The summed E-state index contributed by atoms with van der Waals surface area (Å²) < 4.78 is 48.6. The van der Waals surface area contributed by atoms with Gasteiger partial charge in [0.1, 0.15) is 17.4 Å². The van der Waals surface area contributed by atoms with Gasteiger partial charge in [-0.3, -0.25) is 9.78 Å². The number of carbonyl (C=O) groups is 1. The van der Waals surface area contributed by atoms with Gasteiger partial charge in [0, 0.05) is 29.5 Å². The molecule has 8 nitrogen and oxygen atoms in total. The summed E-state index contributed by atoms with van der Waals surface area (Å²) in [4.78, 5) is 22.1. The van der Waals surface area contributed by atoms with Crippen LogP contribution in [0, 0.1) is 11.2 Å². The van der Waals surface area contributed by atoms with Gasteiger partial charge >= 0.3 is 6.61 Å². The van der Waals surface area contributed by atoms with E-state index in [0.29, 0.717) is 52.8 Å². The Morgan fingerprint density at radius 1 is 1.23 bits per heavy atom. The van der Waals surface area contributed by atoms with E-state index in [1.54, 1.807) is 18.3 Å². The topological polar surface area (TPSA) is 115 Å². The summed E-state index contributed by atoms with van der Waals surface area (Å²) >= 11 is 0. The molecule has 1 saturated carbocycles. The smallest absolute Gasteiger partial charge is 0.387 e. The van der Waals surface area contributed by atoms with Crippen LogP contribution in [0.3, 0.4) is 0 Å². The van der Waals surface area contributed by atoms with Gasteiger partial charge in [-0.1, -0.05) is 19.1 Å². The Morgan fingerprint density at radius 2 is 2.02 bits per heavy atom. The second-order valence-electron chi connectivity index (χ2n) is 11.4. The van der Waals surface area contributed by atoms with Gasteiger partial charge in [0.05, 0.1) is 34.3 Å². The maximum atomic E-state index is 15.3. The molecule has 4 heterocycles. The van der Waals surface area contributed by atoms with Crippen molar-refractivity contribution in [2.24, 2.45) is 11.1 Å². The number of carbonyl (C=O) groups excluding carboxylic acids is 1. The van der Waals surface area contributed by atoms with E-state index in [0.717, 1.165) is 0 Å². The average Bonchev–Trinajstić information content (AvgIpc) is 3.39. The number of amides is 1. The lowest BCUT2D eigenvalue weighted by Gasteiger charge is -2.51. The number of hydrogen-bond acceptors (Lipinski definition) is 6. The maximum absolute atomic E-state index is 15.3. The molecule has 0 saturated heterocycles. The average molecular weight is 550 g/mol. The van der Waals surface area contributed by atoms with E-state index in [4.69, 9.17) is 15.5 Å². The zero-order chi connectivity index (χ0) is 28.0. The van der Waals surface area contributed by atoms with Crippen LogP contribution >= 0.6 is 0 Å². The van der Waals surface area contributed by atoms with Crippen LogP contribution in [0.4, 0.5) is 13.2 Å². The normalized spacial score (nSPS) is 26.7. The Bertz CT molecular complexity index is 1700. The number of aliphatic hydroxyl groups is 1. The number of alkyl halides is 2. The first-order valence-electron chi connectivity index (χ1n) is 13.1. The SMILES string of the molecule is CC1(CO)CC(N)(c2ncc(-c3ccc4nc5n(c4c3)[C@@H]3C[C@H]5NC(=O)c4cccc(OC(F)F)c43)cc2F)C1. The van der Waals surface area contributed by atoms with Crippen LogP contribution in [0.5, 0.6) is 5.75 Å². The van der Waals surface area contributed by atoms with Gasteiger partial charge in [-0.25, -0.2) is 9.37 Å². The molecule has 4 aromatic rings. The summed E-state index contributed by atoms with van der Waals surface area (Å²) in [5, 5.41) is 12.5. The summed E-state index contributed by atoms with van der Waals surface area (Å²) in [5.74, 6) is -0.322. The maximum Gasteiger partial charge on any atom is 0.387 e. The number of ether oxygens (including phenoxy) is 1. The van der Waals surface area contributed by atoms with E-state index in [-0.39, 0.29) is 34.9 Å². The van der Waals surface area contributed by atoms with E-state index >= 15 is 4.39 Å². The molecule has 4 N–H and O–H groups in total. The first-order valence-corrected chi connectivity index (χ1v) is 13.1. The van der Waals surface area contributed by atoms with Crippen LogP contribution in [0.2, 0.25) is 0 Å². The highest BCUT2D eigenvalue weighted by Crippen LogP contribution is 2.52. The number of pyridine rings is 1. The van der Waals surface area contributed by atoms with Crippen molar-refractivity contribution in [1.29, 1.82) is 0 Å². The minimum atomic E-state index is -3.05. The third-order valence-corrected chi connectivity index (χ3v) is 8.48. The van der Waals surface area contributed by atoms with Gasteiger partial charge in [0.2, 0.25) is 0 Å². The molecule has 0 radical (unpaired) electrons. The minimum Gasteiger partial charge on any atom is -0.434 e. The molecular weight excluding hydrogens is 523 g/mol. The van der Waals surface area contributed by atoms with Crippen molar-refractivity contribution in [3.05, 3.63) is 77.1 Å². The molecule has 1 amide bonds. The molecule has 1 fully saturated rings. The summed E-state index contributed by atoms with van der Waals surface area (Å²) in [7, 11) is 0. The number of imidazole rings is 1. The number of fused-ring (bicyclic) bond motifs is 9. The van der Waals surface area contributed by atoms with Crippen LogP contribution in [0.25, 0.3) is 22.2 Å². The fourth-order valence-corrected chi connectivity index (χ4v) is 6.90. The monoisotopic (exact) mass is 549 g/mol. The van der Waals surface area contributed by atoms with Gasteiger partial charge in [0.25, 0.3) is 5.91 Å². The van der Waals surface area contributed by atoms with Crippen molar-refractivity contribution in [2.75, 3.05) is 6.61 Å². The number of aromatic nitrogens is 3. The summed E-state index contributed by atoms with van der Waals surface area (Å²) in [5.41, 5.74) is 8.59. The van der Waals surface area contributed by atoms with E-state index in [9.17, 15) is 18.7 Å². The summed E-state index contributed by atoms with van der Waals surface area (Å²) in [6, 6.07) is 10.6. The molecule has 2 aromatic carbocycles. The van der Waals surface area contributed by atoms with Gasteiger partial charge in [-0.05, 0) is 60.6 Å². The van der Waals surface area contributed by atoms with Gasteiger partial charge < -0.3 is 25.5 Å². The first-order chi connectivity index (χ1) is 19.1. The van der Waals surface area contributed by atoms with Crippen molar-refractivity contribution < 1.29 is 27.8 Å². The lowest BCUT2D eigenvalue weighted by Crippen LogP contribution is -2.56. The first kappa shape index (κ1) is 25.0. The molecule has 2 bridgehead atoms. The van der Waals surface area contributed by atoms with Crippen LogP contribution in [-0.2, 0) is 5.54 Å². The molecule has 7 rings (SSSR count). The fourth-order valence-electron chi connectivity index (χ4n) is 6.90. The highest BCUT2D eigenvalue weighted by atomic mass is 19.3. The van der Waals surface area contributed by atoms with Crippen LogP contribution < -0.4 is 15.8 Å². The van der Waals surface area contributed by atoms with E-state index in [1.807, 2.05) is 23.6 Å². The van der Waals surface area contributed by atoms with Crippen LogP contribution in [-0.4, -0.2) is 38.8 Å². The van der Waals surface area contributed by atoms with Crippen molar-refractivity contribution in [1.82, 2.24) is 19.9 Å². The Balaban J connectivity index is 1.31. The number of nitrogens with zero attached hydrogens (tertiary/aromatic N) is 3.